The number of nitrogen functional groups attached to an aromatic ring is 1. The van der Waals surface area contributed by atoms with Crippen LogP contribution in [0.1, 0.15) is 11.3 Å². The Bertz CT molecular complexity index is 850. The molecule has 0 amide bonds. The molecule has 3 heterocycles. The maximum absolute atomic E-state index is 6.30. The van der Waals surface area contributed by atoms with Crippen LogP contribution in [0.2, 0.25) is 5.02 Å². The van der Waals surface area contributed by atoms with Gasteiger partial charge in [0.2, 0.25) is 0 Å². The first kappa shape index (κ1) is 17.0. The van der Waals surface area contributed by atoms with Crippen molar-refractivity contribution in [3.05, 3.63) is 46.7 Å². The lowest BCUT2D eigenvalue weighted by Gasteiger charge is -2.34. The van der Waals surface area contributed by atoms with Crippen LogP contribution in [0.3, 0.4) is 0 Å². The minimum atomic E-state index is 0.538. The first-order valence-corrected chi connectivity index (χ1v) is 8.94. The van der Waals surface area contributed by atoms with Crippen LogP contribution in [0, 0.1) is 0 Å². The molecule has 0 radical (unpaired) electrons. The van der Waals surface area contributed by atoms with Gasteiger partial charge in [0.15, 0.2) is 0 Å². The molecule has 7 heteroatoms. The number of ether oxygens (including phenoxy) is 2. The Labute approximate surface area is 157 Å². The summed E-state index contributed by atoms with van der Waals surface area (Å²) >= 11 is 6.30. The smallest absolute Gasteiger partial charge is 0.137 e. The van der Waals surface area contributed by atoms with Crippen LogP contribution < -0.4 is 20.3 Å². The molecule has 2 aliphatic heterocycles. The molecule has 0 spiro atoms. The van der Waals surface area contributed by atoms with Gasteiger partial charge in [0.05, 0.1) is 37.6 Å². The number of aromatic nitrogens is 1. The standard InChI is InChI=1S/C19H21ClN4O2/c1-25-18-3-2-13(10-15(18)20)24-5-4-16-14(12-24)17(11-19(21)22-16)23-6-8-26-9-7-23/h2-5,10-11H,6-9,12H2,1H3,(H2,21,22). The molecular formula is C19H21ClN4O2. The molecule has 1 saturated heterocycles. The van der Waals surface area contributed by atoms with Crippen LogP contribution in [0.15, 0.2) is 30.5 Å². The summed E-state index contributed by atoms with van der Waals surface area (Å²) in [4.78, 5) is 8.97. The second kappa shape index (κ2) is 7.05. The quantitative estimate of drug-likeness (QED) is 0.892. The van der Waals surface area contributed by atoms with Crippen molar-refractivity contribution < 1.29 is 9.47 Å². The lowest BCUT2D eigenvalue weighted by molar-refractivity contribution is 0.122. The third-order valence-electron chi connectivity index (χ3n) is 4.71. The van der Waals surface area contributed by atoms with Crippen molar-refractivity contribution in [2.75, 3.05) is 48.9 Å². The lowest BCUT2D eigenvalue weighted by atomic mass is 10.1. The third kappa shape index (κ3) is 3.18. The van der Waals surface area contributed by atoms with Gasteiger partial charge in [-0.25, -0.2) is 4.98 Å². The maximum Gasteiger partial charge on any atom is 0.137 e. The largest absolute Gasteiger partial charge is 0.495 e. The van der Waals surface area contributed by atoms with Crippen molar-refractivity contribution in [3.8, 4) is 5.75 Å². The molecule has 4 rings (SSSR count). The number of halogens is 1. The van der Waals surface area contributed by atoms with Gasteiger partial charge in [-0.1, -0.05) is 11.6 Å². The summed E-state index contributed by atoms with van der Waals surface area (Å²) in [7, 11) is 1.61. The van der Waals surface area contributed by atoms with Crippen molar-refractivity contribution in [1.29, 1.82) is 0 Å². The molecule has 0 bridgehead atoms. The number of nitrogens with zero attached hydrogens (tertiary/aromatic N) is 3. The molecule has 136 valence electrons. The number of pyridine rings is 1. The maximum atomic E-state index is 6.30. The van der Waals surface area contributed by atoms with Crippen molar-refractivity contribution in [1.82, 2.24) is 4.98 Å². The summed E-state index contributed by atoms with van der Waals surface area (Å²) in [5, 5.41) is 0.591. The highest BCUT2D eigenvalue weighted by Gasteiger charge is 2.22. The van der Waals surface area contributed by atoms with E-state index < -0.39 is 0 Å². The molecule has 6 nitrogen and oxygen atoms in total. The average Bonchev–Trinajstić information content (AvgIpc) is 2.67. The van der Waals surface area contributed by atoms with Gasteiger partial charge in [-0.3, -0.25) is 0 Å². The highest BCUT2D eigenvalue weighted by atomic mass is 35.5. The number of morpholine rings is 1. The van der Waals surface area contributed by atoms with E-state index in [4.69, 9.17) is 26.8 Å². The fourth-order valence-electron chi connectivity index (χ4n) is 3.38. The van der Waals surface area contributed by atoms with Crippen LogP contribution >= 0.6 is 11.6 Å². The number of hydrogen-bond donors (Lipinski definition) is 1. The van der Waals surface area contributed by atoms with E-state index in [-0.39, 0.29) is 0 Å². The van der Waals surface area contributed by atoms with Crippen LogP contribution in [-0.2, 0) is 11.3 Å². The summed E-state index contributed by atoms with van der Waals surface area (Å²) < 4.78 is 10.7. The van der Waals surface area contributed by atoms with Crippen LogP contribution in [0.5, 0.6) is 5.75 Å². The molecule has 26 heavy (non-hydrogen) atoms. The zero-order valence-corrected chi connectivity index (χ0v) is 15.4. The number of fused-ring (bicyclic) bond motifs is 1. The third-order valence-corrected chi connectivity index (χ3v) is 5.01. The Morgan fingerprint density at radius 1 is 1.23 bits per heavy atom. The predicted octanol–water partition coefficient (Wildman–Crippen LogP) is 3.15. The van der Waals surface area contributed by atoms with Gasteiger partial charge in [0.1, 0.15) is 11.6 Å². The highest BCUT2D eigenvalue weighted by molar-refractivity contribution is 6.32. The normalized spacial score (nSPS) is 16.5. The highest BCUT2D eigenvalue weighted by Crippen LogP contribution is 2.35. The number of nitrogens with two attached hydrogens (primary N) is 1. The summed E-state index contributed by atoms with van der Waals surface area (Å²) in [6.07, 6.45) is 4.01. The van der Waals surface area contributed by atoms with Gasteiger partial charge in [-0.15, -0.1) is 0 Å². The second-order valence-corrected chi connectivity index (χ2v) is 6.70. The van der Waals surface area contributed by atoms with E-state index >= 15 is 0 Å². The molecule has 0 saturated carbocycles. The van der Waals surface area contributed by atoms with Crippen molar-refractivity contribution >= 4 is 34.9 Å². The monoisotopic (exact) mass is 372 g/mol. The zero-order chi connectivity index (χ0) is 18.1. The number of rotatable bonds is 3. The Morgan fingerprint density at radius 2 is 2.04 bits per heavy atom. The number of hydrogen-bond acceptors (Lipinski definition) is 6. The predicted molar refractivity (Wildman–Crippen MR) is 105 cm³/mol. The summed E-state index contributed by atoms with van der Waals surface area (Å²) in [5.74, 6) is 1.20. The number of methoxy groups -OCH3 is 1. The van der Waals surface area contributed by atoms with E-state index in [2.05, 4.69) is 14.8 Å². The van der Waals surface area contributed by atoms with Gasteiger partial charge >= 0.3 is 0 Å². The van der Waals surface area contributed by atoms with Crippen LogP contribution in [-0.4, -0.2) is 38.4 Å². The fraction of sp³-hybridized carbons (Fsp3) is 0.316. The lowest BCUT2D eigenvalue weighted by Crippen LogP contribution is -2.37. The topological polar surface area (TPSA) is 63.8 Å². The summed E-state index contributed by atoms with van der Waals surface area (Å²) in [5.41, 5.74) is 10.3. The van der Waals surface area contributed by atoms with Gasteiger partial charge < -0.3 is 25.0 Å². The molecule has 1 aromatic carbocycles. The van der Waals surface area contributed by atoms with Crippen molar-refractivity contribution in [3.63, 3.8) is 0 Å². The Balaban J connectivity index is 1.68. The molecule has 0 unspecified atom stereocenters. The van der Waals surface area contributed by atoms with E-state index in [1.165, 1.54) is 0 Å². The molecule has 1 aromatic heterocycles. The minimum absolute atomic E-state index is 0.538. The van der Waals surface area contributed by atoms with Gasteiger partial charge in [-0.05, 0) is 24.3 Å². The minimum Gasteiger partial charge on any atom is -0.495 e. The van der Waals surface area contributed by atoms with Crippen molar-refractivity contribution in [2.45, 2.75) is 6.54 Å². The second-order valence-electron chi connectivity index (χ2n) is 6.29. The van der Waals surface area contributed by atoms with E-state index in [1.807, 2.05) is 36.5 Å². The molecular weight excluding hydrogens is 352 g/mol. The Hall–Kier alpha value is -2.44. The fourth-order valence-corrected chi connectivity index (χ4v) is 3.63. The van der Waals surface area contributed by atoms with Crippen LogP contribution in [0.4, 0.5) is 17.2 Å². The molecule has 1 fully saturated rings. The van der Waals surface area contributed by atoms with E-state index in [1.54, 1.807) is 7.11 Å². The molecule has 2 N–H and O–H groups in total. The zero-order valence-electron chi connectivity index (χ0n) is 14.6. The Morgan fingerprint density at radius 3 is 2.77 bits per heavy atom. The van der Waals surface area contributed by atoms with Gasteiger partial charge in [0, 0.05) is 42.3 Å². The first-order chi connectivity index (χ1) is 12.7. The molecule has 0 aliphatic carbocycles. The summed E-state index contributed by atoms with van der Waals surface area (Å²) in [6, 6.07) is 7.75. The number of benzene rings is 1. The Kier molecular flexibility index (Phi) is 4.61. The van der Waals surface area contributed by atoms with Crippen LogP contribution in [0.25, 0.3) is 6.08 Å². The summed E-state index contributed by atoms with van der Waals surface area (Å²) in [6.45, 7) is 3.87. The SMILES string of the molecule is COc1ccc(N2C=Cc3nc(N)cc(N4CCOCC4)c3C2)cc1Cl. The van der Waals surface area contributed by atoms with E-state index in [9.17, 15) is 0 Å². The van der Waals surface area contributed by atoms with Gasteiger partial charge in [0.25, 0.3) is 0 Å². The van der Waals surface area contributed by atoms with E-state index in [0.717, 1.165) is 48.9 Å². The molecule has 0 atom stereocenters. The average molecular weight is 373 g/mol. The first-order valence-electron chi connectivity index (χ1n) is 8.56. The molecule has 2 aliphatic rings. The van der Waals surface area contributed by atoms with Gasteiger partial charge in [-0.2, -0.15) is 0 Å². The number of anilines is 3. The molecule has 2 aromatic rings. The van der Waals surface area contributed by atoms with Crippen molar-refractivity contribution in [2.24, 2.45) is 0 Å². The van der Waals surface area contributed by atoms with E-state index in [0.29, 0.717) is 23.1 Å².